The number of carbonyl (C=O) groups is 1. The molecule has 7 nitrogen and oxygen atoms in total. The molecule has 1 heterocycles. The Labute approximate surface area is 243 Å². The average Bonchev–Trinajstić information content (AvgIpc) is 2.93. The van der Waals surface area contributed by atoms with Gasteiger partial charge in [-0.3, -0.25) is 9.59 Å². The quantitative estimate of drug-likeness (QED) is 0.216. The second kappa shape index (κ2) is 12.3. The highest BCUT2D eigenvalue weighted by Crippen LogP contribution is 2.34. The summed E-state index contributed by atoms with van der Waals surface area (Å²) in [4.78, 5) is 30.6. The van der Waals surface area contributed by atoms with E-state index in [0.717, 1.165) is 30.2 Å². The van der Waals surface area contributed by atoms with Crippen LogP contribution in [0.5, 0.6) is 5.75 Å². The Balaban J connectivity index is 1.40. The van der Waals surface area contributed by atoms with E-state index < -0.39 is 0 Å². The van der Waals surface area contributed by atoms with Gasteiger partial charge in [0, 0.05) is 16.1 Å². The van der Waals surface area contributed by atoms with E-state index in [1.807, 2.05) is 30.3 Å². The topological polar surface area (TPSA) is 85.6 Å². The van der Waals surface area contributed by atoms with Crippen molar-refractivity contribution in [2.45, 2.75) is 38.0 Å². The number of nitrogens with one attached hydrogen (secondary N) is 1. The summed E-state index contributed by atoms with van der Waals surface area (Å²) in [5.41, 5.74) is 1.65. The maximum Gasteiger partial charge on any atom is 0.282 e. The zero-order valence-electron chi connectivity index (χ0n) is 20.9. The molecule has 0 unspecified atom stereocenters. The lowest BCUT2D eigenvalue weighted by Gasteiger charge is -2.22. The highest BCUT2D eigenvalue weighted by molar-refractivity contribution is 9.10. The third kappa shape index (κ3) is 6.52. The highest BCUT2D eigenvalue weighted by Gasteiger charge is 2.22. The van der Waals surface area contributed by atoms with E-state index in [1.54, 1.807) is 30.3 Å². The second-order valence-corrected chi connectivity index (χ2v) is 11.1. The van der Waals surface area contributed by atoms with Crippen molar-refractivity contribution < 1.29 is 9.53 Å². The van der Waals surface area contributed by atoms with Gasteiger partial charge in [-0.2, -0.15) is 9.78 Å². The number of hydrogen-bond acceptors (Lipinski definition) is 5. The predicted molar refractivity (Wildman–Crippen MR) is 160 cm³/mol. The number of benzene rings is 3. The highest BCUT2D eigenvalue weighted by atomic mass is 79.9. The van der Waals surface area contributed by atoms with Gasteiger partial charge in [0.05, 0.1) is 27.2 Å². The number of ether oxygens (including phenoxy) is 1. The first kappa shape index (κ1) is 27.4. The van der Waals surface area contributed by atoms with E-state index >= 15 is 0 Å². The molecule has 10 heteroatoms. The molecule has 0 radical (unpaired) electrons. The van der Waals surface area contributed by atoms with E-state index in [9.17, 15) is 9.59 Å². The molecule has 200 valence electrons. The van der Waals surface area contributed by atoms with E-state index in [0.29, 0.717) is 28.0 Å². The summed E-state index contributed by atoms with van der Waals surface area (Å²) in [6.45, 7) is -0.264. The average molecular weight is 628 g/mol. The van der Waals surface area contributed by atoms with Gasteiger partial charge in [-0.15, -0.1) is 0 Å². The first-order valence-corrected chi connectivity index (χ1v) is 14.2. The Morgan fingerprint density at radius 1 is 1.08 bits per heavy atom. The van der Waals surface area contributed by atoms with Crippen LogP contribution in [-0.2, 0) is 4.79 Å². The molecule has 3 aromatic carbocycles. The van der Waals surface area contributed by atoms with Crippen LogP contribution in [0, 0.1) is 0 Å². The minimum Gasteiger partial charge on any atom is -0.481 e. The van der Waals surface area contributed by atoms with Crippen LogP contribution >= 0.6 is 39.1 Å². The van der Waals surface area contributed by atoms with Crippen molar-refractivity contribution in [3.05, 3.63) is 96.9 Å². The number of carbonyl (C=O) groups excluding carboxylic acids is 1. The van der Waals surface area contributed by atoms with Crippen molar-refractivity contribution in [3.63, 3.8) is 0 Å². The summed E-state index contributed by atoms with van der Waals surface area (Å²) >= 11 is 16.3. The summed E-state index contributed by atoms with van der Waals surface area (Å²) in [6, 6.07) is 17.8. The summed E-state index contributed by atoms with van der Waals surface area (Å²) in [5.74, 6) is 0.661. The number of halogens is 3. The van der Waals surface area contributed by atoms with Crippen molar-refractivity contribution in [2.75, 3.05) is 11.9 Å². The van der Waals surface area contributed by atoms with Gasteiger partial charge in [-0.25, -0.2) is 4.98 Å². The SMILES string of the molecule is O=C(COc1c(Cl)cc(C=Nn2c(C3CCCCC3)nc3ccc(Br)cc3c2=O)cc1Cl)Nc1ccccc1. The van der Waals surface area contributed by atoms with Gasteiger partial charge in [0.2, 0.25) is 0 Å². The van der Waals surface area contributed by atoms with Gasteiger partial charge in [0.15, 0.2) is 12.4 Å². The van der Waals surface area contributed by atoms with E-state index in [1.165, 1.54) is 17.3 Å². The third-order valence-electron chi connectivity index (χ3n) is 6.55. The molecule has 1 saturated carbocycles. The molecule has 0 aliphatic heterocycles. The van der Waals surface area contributed by atoms with Gasteiger partial charge < -0.3 is 10.1 Å². The van der Waals surface area contributed by atoms with E-state index in [-0.39, 0.29) is 39.8 Å². The molecule has 0 saturated heterocycles. The molecule has 5 rings (SSSR count). The van der Waals surface area contributed by atoms with Gasteiger partial charge in [-0.05, 0) is 60.9 Å². The Morgan fingerprint density at radius 3 is 2.51 bits per heavy atom. The predicted octanol–water partition coefficient (Wildman–Crippen LogP) is 7.41. The van der Waals surface area contributed by atoms with E-state index in [4.69, 9.17) is 32.9 Å². The van der Waals surface area contributed by atoms with Crippen molar-refractivity contribution in [1.29, 1.82) is 0 Å². The number of para-hydroxylation sites is 1. The monoisotopic (exact) mass is 626 g/mol. The minimum absolute atomic E-state index is 0.154. The summed E-state index contributed by atoms with van der Waals surface area (Å²) in [6.07, 6.45) is 6.83. The van der Waals surface area contributed by atoms with Crippen molar-refractivity contribution in [3.8, 4) is 5.75 Å². The Bertz CT molecular complexity index is 1580. The molecule has 0 bridgehead atoms. The number of anilines is 1. The zero-order valence-corrected chi connectivity index (χ0v) is 24.0. The lowest BCUT2D eigenvalue weighted by molar-refractivity contribution is -0.118. The number of nitrogens with zero attached hydrogens (tertiary/aromatic N) is 3. The van der Waals surface area contributed by atoms with Crippen LogP contribution in [0.3, 0.4) is 0 Å². The molecule has 1 aromatic heterocycles. The van der Waals surface area contributed by atoms with Gasteiger partial charge >= 0.3 is 0 Å². The maximum absolute atomic E-state index is 13.5. The Morgan fingerprint density at radius 2 is 1.79 bits per heavy atom. The fourth-order valence-corrected chi connectivity index (χ4v) is 5.65. The molecule has 0 atom stereocenters. The summed E-state index contributed by atoms with van der Waals surface area (Å²) < 4.78 is 7.79. The van der Waals surface area contributed by atoms with Crippen LogP contribution in [0.2, 0.25) is 10.0 Å². The molecular formula is C29H25BrCl2N4O3. The van der Waals surface area contributed by atoms with Crippen LogP contribution in [0.25, 0.3) is 10.9 Å². The molecule has 1 fully saturated rings. The van der Waals surface area contributed by atoms with Gasteiger partial charge in [0.25, 0.3) is 11.5 Å². The zero-order chi connectivity index (χ0) is 27.4. The molecule has 39 heavy (non-hydrogen) atoms. The first-order chi connectivity index (χ1) is 18.9. The van der Waals surface area contributed by atoms with Crippen molar-refractivity contribution in [1.82, 2.24) is 9.66 Å². The smallest absolute Gasteiger partial charge is 0.282 e. The number of rotatable bonds is 7. The van der Waals surface area contributed by atoms with Crippen molar-refractivity contribution in [2.24, 2.45) is 5.10 Å². The molecule has 0 spiro atoms. The number of fused-ring (bicyclic) bond motifs is 1. The summed E-state index contributed by atoms with van der Waals surface area (Å²) in [7, 11) is 0. The molecular weight excluding hydrogens is 603 g/mol. The fraction of sp³-hybridized carbons (Fsp3) is 0.241. The summed E-state index contributed by atoms with van der Waals surface area (Å²) in [5, 5.41) is 8.20. The first-order valence-electron chi connectivity index (χ1n) is 12.6. The molecule has 1 N–H and O–H groups in total. The lowest BCUT2D eigenvalue weighted by Crippen LogP contribution is -2.25. The Kier molecular flexibility index (Phi) is 8.65. The lowest BCUT2D eigenvalue weighted by atomic mass is 9.88. The largest absolute Gasteiger partial charge is 0.481 e. The standard InChI is InChI=1S/C29H25BrCl2N4O3/c30-20-11-12-25-22(15-20)29(38)36(28(35-25)19-7-3-1-4-8-19)33-16-18-13-23(31)27(24(32)14-18)39-17-26(37)34-21-9-5-2-6-10-21/h2,5-6,9-16,19H,1,3-4,7-8,17H2,(H,34,37). The van der Waals surface area contributed by atoms with Crippen molar-refractivity contribution >= 4 is 67.8 Å². The maximum atomic E-state index is 13.5. The minimum atomic E-state index is -0.343. The Hall–Kier alpha value is -3.20. The second-order valence-electron chi connectivity index (χ2n) is 9.34. The van der Waals surface area contributed by atoms with Crippen LogP contribution < -0.4 is 15.6 Å². The van der Waals surface area contributed by atoms with Crippen LogP contribution in [-0.4, -0.2) is 28.4 Å². The molecule has 1 aliphatic rings. The number of aromatic nitrogens is 2. The fourth-order valence-electron chi connectivity index (χ4n) is 4.68. The van der Waals surface area contributed by atoms with Gasteiger partial charge in [-0.1, -0.05) is 76.6 Å². The van der Waals surface area contributed by atoms with Gasteiger partial charge in [0.1, 0.15) is 5.82 Å². The normalized spacial score (nSPS) is 14.1. The number of hydrogen-bond donors (Lipinski definition) is 1. The van der Waals surface area contributed by atoms with Crippen LogP contribution in [0.4, 0.5) is 5.69 Å². The third-order valence-corrected chi connectivity index (χ3v) is 7.61. The molecule has 1 aliphatic carbocycles. The van der Waals surface area contributed by atoms with Crippen LogP contribution in [0.1, 0.15) is 49.4 Å². The number of amides is 1. The van der Waals surface area contributed by atoms with Crippen LogP contribution in [0.15, 0.2) is 75.0 Å². The molecule has 4 aromatic rings. The molecule has 1 amide bonds. The van der Waals surface area contributed by atoms with E-state index in [2.05, 4.69) is 26.3 Å².